The average molecular weight is 775 g/mol. The lowest BCUT2D eigenvalue weighted by molar-refractivity contribution is 0.0198. The predicted octanol–water partition coefficient (Wildman–Crippen LogP) is 19.2. The van der Waals surface area contributed by atoms with Crippen molar-refractivity contribution in [2.45, 2.75) is 295 Å². The highest BCUT2D eigenvalue weighted by Gasteiger charge is 2.41. The zero-order chi connectivity index (χ0) is 38.3. The minimum atomic E-state index is 1.15. The first kappa shape index (κ1) is 45.5. The van der Waals surface area contributed by atoms with Gasteiger partial charge in [0.15, 0.2) is 0 Å². The summed E-state index contributed by atoms with van der Waals surface area (Å²) in [5, 5.41) is 0. The molecule has 0 unspecified atom stereocenters. The molecule has 14 aliphatic rings. The molecule has 0 saturated heterocycles. The van der Waals surface area contributed by atoms with Crippen molar-refractivity contribution in [3.8, 4) is 0 Å². The Hall–Kier alpha value is 0. The van der Waals surface area contributed by atoms with Crippen LogP contribution in [0.4, 0.5) is 0 Å². The molecular formula is C56H102. The predicted molar refractivity (Wildman–Crippen MR) is 247 cm³/mol. The number of hydrogen-bond acceptors (Lipinski definition) is 0. The van der Waals surface area contributed by atoms with E-state index in [4.69, 9.17) is 0 Å². The molecule has 0 aromatic rings. The summed E-state index contributed by atoms with van der Waals surface area (Å²) in [7, 11) is 0. The summed E-state index contributed by atoms with van der Waals surface area (Å²) in [6.45, 7) is 0. The second-order valence-electron chi connectivity index (χ2n) is 23.0. The highest BCUT2D eigenvalue weighted by atomic mass is 14.5. The summed E-state index contributed by atoms with van der Waals surface area (Å²) in [4.78, 5) is 0. The second kappa shape index (κ2) is 27.8. The van der Waals surface area contributed by atoms with Gasteiger partial charge in [0.2, 0.25) is 0 Å². The van der Waals surface area contributed by atoms with E-state index in [1.54, 1.807) is 135 Å². The third-order valence-corrected chi connectivity index (χ3v) is 18.3. The Kier molecular flexibility index (Phi) is 22.6. The van der Waals surface area contributed by atoms with E-state index < -0.39 is 0 Å². The van der Waals surface area contributed by atoms with Crippen molar-refractivity contribution < 1.29 is 0 Å². The minimum Gasteiger partial charge on any atom is -0.0533 e. The van der Waals surface area contributed by atoms with Crippen molar-refractivity contribution in [1.82, 2.24) is 0 Å². The summed E-state index contributed by atoms with van der Waals surface area (Å²) in [6.07, 6.45) is 70.7. The van der Waals surface area contributed by atoms with E-state index in [2.05, 4.69) is 0 Å². The zero-order valence-electron chi connectivity index (χ0n) is 38.3. The monoisotopic (exact) mass is 775 g/mol. The van der Waals surface area contributed by atoms with Crippen LogP contribution in [0.1, 0.15) is 295 Å². The van der Waals surface area contributed by atoms with Crippen molar-refractivity contribution in [1.29, 1.82) is 0 Å². The Bertz CT molecular complexity index is 757. The first-order valence-corrected chi connectivity index (χ1v) is 27.8. The summed E-state index contributed by atoms with van der Waals surface area (Å²) >= 11 is 0. The number of fused-ring (bicyclic) bond motifs is 6. The maximum absolute atomic E-state index is 1.60. The van der Waals surface area contributed by atoms with Crippen LogP contribution in [0.15, 0.2) is 0 Å². The Balaban J connectivity index is 0.000000112. The van der Waals surface area contributed by atoms with Crippen LogP contribution in [0.5, 0.6) is 0 Å². The fourth-order valence-corrected chi connectivity index (χ4v) is 15.0. The van der Waals surface area contributed by atoms with E-state index in [0.29, 0.717) is 0 Å². The van der Waals surface area contributed by atoms with Crippen molar-refractivity contribution >= 4 is 0 Å². The smallest absolute Gasteiger partial charge is 0.0386 e. The average Bonchev–Trinajstić information content (AvgIpc) is 3.79. The van der Waals surface area contributed by atoms with Gasteiger partial charge >= 0.3 is 0 Å². The van der Waals surface area contributed by atoms with Crippen LogP contribution in [-0.2, 0) is 0 Å². The summed E-state index contributed by atoms with van der Waals surface area (Å²) in [5.74, 6) is 11.7. The van der Waals surface area contributed by atoms with Crippen LogP contribution in [-0.4, -0.2) is 0 Å². The van der Waals surface area contributed by atoms with Crippen LogP contribution in [0.2, 0.25) is 0 Å². The van der Waals surface area contributed by atoms with Gasteiger partial charge in [0, 0.05) is 0 Å². The van der Waals surface area contributed by atoms with Gasteiger partial charge in [-0.15, -0.1) is 0 Å². The summed E-state index contributed by atoms with van der Waals surface area (Å²) in [5.41, 5.74) is 0. The maximum Gasteiger partial charge on any atom is -0.0386 e. The van der Waals surface area contributed by atoms with Crippen LogP contribution in [0.3, 0.4) is 0 Å². The molecule has 0 aromatic heterocycles. The largest absolute Gasteiger partial charge is 0.0533 e. The molecule has 326 valence electrons. The zero-order valence-corrected chi connectivity index (χ0v) is 38.3. The minimum absolute atomic E-state index is 1.15. The molecule has 14 aliphatic carbocycles. The van der Waals surface area contributed by atoms with Crippen LogP contribution in [0, 0.1) is 59.2 Å². The Labute approximate surface area is 353 Å². The van der Waals surface area contributed by atoms with Crippen molar-refractivity contribution in [3.05, 3.63) is 0 Å². The van der Waals surface area contributed by atoms with Gasteiger partial charge in [0.25, 0.3) is 0 Å². The van der Waals surface area contributed by atoms with E-state index in [-0.39, 0.29) is 0 Å². The molecule has 0 spiro atoms. The van der Waals surface area contributed by atoms with Gasteiger partial charge in [0.1, 0.15) is 0 Å². The molecule has 14 fully saturated rings. The molecule has 0 heterocycles. The first-order chi connectivity index (χ1) is 27.8. The molecule has 0 aromatic carbocycles. The SMILES string of the molecule is C1C2CC3CC1CC(C2)C3.C1CC2CCC1C2.C1CC2CCC1CC2.C1CCC2CCCCC2C1.C1CCCCC1.C1CCCCCC1.C1CCCCCCC1. The Morgan fingerprint density at radius 3 is 0.429 bits per heavy atom. The van der Waals surface area contributed by atoms with Gasteiger partial charge in [-0.1, -0.05) is 250 Å². The van der Waals surface area contributed by atoms with Gasteiger partial charge in [0.05, 0.1) is 0 Å². The van der Waals surface area contributed by atoms with Gasteiger partial charge in [-0.05, 0) is 104 Å². The first-order valence-electron chi connectivity index (χ1n) is 27.8. The molecule has 0 heteroatoms. The fraction of sp³-hybridized carbons (Fsp3) is 1.00. The van der Waals surface area contributed by atoms with E-state index >= 15 is 0 Å². The van der Waals surface area contributed by atoms with E-state index in [0.717, 1.165) is 23.7 Å². The van der Waals surface area contributed by atoms with E-state index in [1.807, 2.05) is 0 Å². The normalized spacial score (nSPS) is 39.0. The highest BCUT2D eigenvalue weighted by molar-refractivity contribution is 4.93. The van der Waals surface area contributed by atoms with Crippen molar-refractivity contribution in [3.63, 3.8) is 0 Å². The van der Waals surface area contributed by atoms with Crippen LogP contribution in [0.25, 0.3) is 0 Å². The van der Waals surface area contributed by atoms with Gasteiger partial charge in [-0.2, -0.15) is 0 Å². The standard InChI is InChI=1S/C10H16.C10H18.C8H14.C8H16.C7H12.C7H14.C6H12/c1-7-2-9-4-8(1)5-10(3-7)6-9;1-2-6-10-8-4-3-7-9(10)5-1;1-2-8-5-3-7(1)4-6-8;1-2-4-6-8-7-5-3-1;1-2-7-4-3-6(1)5-7;1-2-4-6-7-5-3-1;1-2-4-6-5-3-1/h7-10H,1-6H2;9-10H,1-8H2;7-8H,1-6H2;1-8H2;6-7H,1-5H2;1-7H2;1-6H2. The molecule has 0 nitrogen and oxygen atoms in total. The molecule has 0 amide bonds. The second-order valence-corrected chi connectivity index (χ2v) is 23.0. The van der Waals surface area contributed by atoms with Gasteiger partial charge < -0.3 is 0 Å². The van der Waals surface area contributed by atoms with E-state index in [1.165, 1.54) is 196 Å². The van der Waals surface area contributed by atoms with Gasteiger partial charge in [-0.25, -0.2) is 0 Å². The van der Waals surface area contributed by atoms with Crippen LogP contribution < -0.4 is 0 Å². The third kappa shape index (κ3) is 17.9. The lowest BCUT2D eigenvalue weighted by Gasteiger charge is -2.49. The molecule has 0 radical (unpaired) electrons. The maximum atomic E-state index is 1.60. The molecule has 0 atom stereocenters. The molecule has 14 saturated carbocycles. The molecule has 8 bridgehead atoms. The quantitative estimate of drug-likeness (QED) is 0.215. The summed E-state index contributed by atoms with van der Waals surface area (Å²) < 4.78 is 0. The lowest BCUT2D eigenvalue weighted by Crippen LogP contribution is -2.38. The highest BCUT2D eigenvalue weighted by Crippen LogP contribution is 2.53. The Morgan fingerprint density at radius 2 is 0.286 bits per heavy atom. The third-order valence-electron chi connectivity index (χ3n) is 18.3. The fourth-order valence-electron chi connectivity index (χ4n) is 15.0. The molecule has 0 N–H and O–H groups in total. The molecule has 0 aliphatic heterocycles. The number of hydrogen-bond donors (Lipinski definition) is 0. The van der Waals surface area contributed by atoms with Gasteiger partial charge in [-0.3, -0.25) is 0 Å². The van der Waals surface area contributed by atoms with Crippen molar-refractivity contribution in [2.24, 2.45) is 59.2 Å². The number of rotatable bonds is 0. The van der Waals surface area contributed by atoms with Crippen LogP contribution >= 0.6 is 0 Å². The summed E-state index contributed by atoms with van der Waals surface area (Å²) in [6, 6.07) is 0. The molecule has 56 heavy (non-hydrogen) atoms. The van der Waals surface area contributed by atoms with Crippen molar-refractivity contribution in [2.75, 3.05) is 0 Å². The molecule has 14 rings (SSSR count). The lowest BCUT2D eigenvalue weighted by atomic mass is 9.56. The topological polar surface area (TPSA) is 0 Å². The molecular weight excluding hydrogens is 673 g/mol. The Morgan fingerprint density at radius 1 is 0.125 bits per heavy atom. The van der Waals surface area contributed by atoms with E-state index in [9.17, 15) is 0 Å².